The van der Waals surface area contributed by atoms with Crippen molar-refractivity contribution in [3.05, 3.63) is 18.5 Å². The largest absolute Gasteiger partial charge is 0.378 e. The summed E-state index contributed by atoms with van der Waals surface area (Å²) in [7, 11) is 1.03. The molecule has 1 aliphatic rings. The van der Waals surface area contributed by atoms with Gasteiger partial charge in [-0.15, -0.1) is 0 Å². The second-order valence-corrected chi connectivity index (χ2v) is 7.11. The Kier molecular flexibility index (Phi) is 3.75. The zero-order valence-electron chi connectivity index (χ0n) is 10.8. The van der Waals surface area contributed by atoms with Crippen molar-refractivity contribution in [2.45, 2.75) is 18.9 Å². The first-order chi connectivity index (χ1) is 8.48. The summed E-state index contributed by atoms with van der Waals surface area (Å²) in [6.45, 7) is 0. The van der Waals surface area contributed by atoms with Crippen molar-refractivity contribution in [3.63, 3.8) is 0 Å². The lowest BCUT2D eigenvalue weighted by Gasteiger charge is -2.26. The molecule has 5 nitrogen and oxygen atoms in total. The van der Waals surface area contributed by atoms with Gasteiger partial charge in [-0.3, -0.25) is 4.98 Å². The summed E-state index contributed by atoms with van der Waals surface area (Å²) in [5.74, 6) is 0.535. The number of pyridine rings is 1. The first-order valence-corrected chi connectivity index (χ1v) is 7.88. The Hall–Kier alpha value is -1.30. The topological polar surface area (TPSA) is 62.3 Å². The second-order valence-electron chi connectivity index (χ2n) is 4.89. The van der Waals surface area contributed by atoms with Crippen LogP contribution in [0.2, 0.25) is 0 Å². The van der Waals surface area contributed by atoms with Crippen molar-refractivity contribution >= 4 is 21.2 Å². The third kappa shape index (κ3) is 3.13. The van der Waals surface area contributed by atoms with Gasteiger partial charge in [-0.05, 0) is 18.9 Å². The van der Waals surface area contributed by atoms with Crippen LogP contribution in [0, 0.1) is 0 Å². The first-order valence-electron chi connectivity index (χ1n) is 6.06. The van der Waals surface area contributed by atoms with Crippen LogP contribution < -0.4 is 10.2 Å². The molecule has 1 N–H and O–H groups in total. The number of hydrogen-bond acceptors (Lipinski definition) is 5. The van der Waals surface area contributed by atoms with Gasteiger partial charge in [0.25, 0.3) is 0 Å². The number of aromatic nitrogens is 1. The molecule has 2 rings (SSSR count). The van der Waals surface area contributed by atoms with Crippen LogP contribution in [0.3, 0.4) is 0 Å². The number of hydrogen-bond donors (Lipinski definition) is 1. The summed E-state index contributed by atoms with van der Waals surface area (Å²) in [5, 5.41) is 3.30. The molecule has 1 fully saturated rings. The van der Waals surface area contributed by atoms with Crippen LogP contribution >= 0.6 is 0 Å². The summed E-state index contributed by atoms with van der Waals surface area (Å²) in [6.07, 6.45) is 5.10. The number of sulfone groups is 1. The van der Waals surface area contributed by atoms with Crippen LogP contribution in [0.25, 0.3) is 0 Å². The van der Waals surface area contributed by atoms with Gasteiger partial charge in [0, 0.05) is 26.3 Å². The fourth-order valence-corrected chi connectivity index (χ4v) is 3.88. The molecule has 0 amide bonds. The van der Waals surface area contributed by atoms with E-state index < -0.39 is 9.84 Å². The predicted molar refractivity (Wildman–Crippen MR) is 73.9 cm³/mol. The summed E-state index contributed by atoms with van der Waals surface area (Å²) < 4.78 is 23.2. The van der Waals surface area contributed by atoms with Crippen LogP contribution in [-0.2, 0) is 9.84 Å². The number of anilines is 2. The molecule has 100 valence electrons. The Bertz CT molecular complexity index is 514. The fourth-order valence-electron chi connectivity index (χ4n) is 2.24. The SMILES string of the molecule is CN(C)c1ccncc1NC1CCCS(=O)(=O)C1. The Labute approximate surface area is 108 Å². The maximum absolute atomic E-state index is 11.6. The summed E-state index contributed by atoms with van der Waals surface area (Å²) in [6, 6.07) is 1.91. The molecule has 1 atom stereocenters. The highest BCUT2D eigenvalue weighted by atomic mass is 32.2. The lowest BCUT2D eigenvalue weighted by atomic mass is 10.1. The van der Waals surface area contributed by atoms with E-state index in [4.69, 9.17) is 0 Å². The van der Waals surface area contributed by atoms with Crippen molar-refractivity contribution in [3.8, 4) is 0 Å². The Morgan fingerprint density at radius 1 is 1.44 bits per heavy atom. The molecule has 0 saturated carbocycles. The molecular weight excluding hydrogens is 250 g/mol. The predicted octanol–water partition coefficient (Wildman–Crippen LogP) is 1.14. The first kappa shape index (κ1) is 13.1. The average molecular weight is 269 g/mol. The highest BCUT2D eigenvalue weighted by Gasteiger charge is 2.25. The Morgan fingerprint density at radius 3 is 2.89 bits per heavy atom. The van der Waals surface area contributed by atoms with E-state index in [2.05, 4.69) is 10.3 Å². The molecule has 2 heterocycles. The molecule has 1 aromatic rings. The third-order valence-electron chi connectivity index (χ3n) is 3.10. The molecule has 1 aliphatic heterocycles. The Morgan fingerprint density at radius 2 is 2.22 bits per heavy atom. The zero-order chi connectivity index (χ0) is 13.2. The molecule has 0 aromatic carbocycles. The second kappa shape index (κ2) is 5.14. The van der Waals surface area contributed by atoms with Crippen LogP contribution in [0.15, 0.2) is 18.5 Å². The van der Waals surface area contributed by atoms with Crippen molar-refractivity contribution < 1.29 is 8.42 Å². The van der Waals surface area contributed by atoms with Crippen LogP contribution in [0.5, 0.6) is 0 Å². The van der Waals surface area contributed by atoms with Crippen molar-refractivity contribution in [1.29, 1.82) is 0 Å². The quantitative estimate of drug-likeness (QED) is 0.891. The lowest BCUT2D eigenvalue weighted by molar-refractivity contribution is 0.562. The van der Waals surface area contributed by atoms with E-state index in [1.54, 1.807) is 12.4 Å². The van der Waals surface area contributed by atoms with Crippen LogP contribution in [-0.4, -0.2) is 45.0 Å². The Balaban J connectivity index is 2.14. The highest BCUT2D eigenvalue weighted by molar-refractivity contribution is 7.91. The molecule has 18 heavy (non-hydrogen) atoms. The molecule has 1 saturated heterocycles. The average Bonchev–Trinajstić information content (AvgIpc) is 2.28. The summed E-state index contributed by atoms with van der Waals surface area (Å²) in [5.41, 5.74) is 1.91. The number of nitrogens with zero attached hydrogens (tertiary/aromatic N) is 2. The maximum Gasteiger partial charge on any atom is 0.152 e. The van der Waals surface area contributed by atoms with Crippen molar-refractivity contribution in [2.24, 2.45) is 0 Å². The minimum atomic E-state index is -2.88. The van der Waals surface area contributed by atoms with E-state index >= 15 is 0 Å². The molecule has 0 bridgehead atoms. The zero-order valence-corrected chi connectivity index (χ0v) is 11.6. The van der Waals surface area contributed by atoms with Crippen LogP contribution in [0.1, 0.15) is 12.8 Å². The van der Waals surface area contributed by atoms with E-state index in [0.29, 0.717) is 5.75 Å². The van der Waals surface area contributed by atoms with Crippen molar-refractivity contribution in [1.82, 2.24) is 4.98 Å². The molecule has 1 unspecified atom stereocenters. The smallest absolute Gasteiger partial charge is 0.152 e. The van der Waals surface area contributed by atoms with E-state index in [0.717, 1.165) is 24.2 Å². The standard InChI is InChI=1S/C12H19N3O2S/c1-15(2)12-5-6-13-8-11(12)14-10-4-3-7-18(16,17)9-10/h5-6,8,10,14H,3-4,7,9H2,1-2H3. The van der Waals surface area contributed by atoms with Gasteiger partial charge >= 0.3 is 0 Å². The van der Waals surface area contributed by atoms with E-state index in [9.17, 15) is 8.42 Å². The number of nitrogens with one attached hydrogen (secondary N) is 1. The summed E-state index contributed by atoms with van der Waals surface area (Å²) in [4.78, 5) is 6.08. The molecular formula is C12H19N3O2S. The van der Waals surface area contributed by atoms with E-state index in [1.165, 1.54) is 0 Å². The minimum Gasteiger partial charge on any atom is -0.378 e. The van der Waals surface area contributed by atoms with Gasteiger partial charge in [0.05, 0.1) is 29.1 Å². The van der Waals surface area contributed by atoms with Gasteiger partial charge in [0.2, 0.25) is 0 Å². The van der Waals surface area contributed by atoms with Gasteiger partial charge in [-0.2, -0.15) is 0 Å². The summed E-state index contributed by atoms with van der Waals surface area (Å²) >= 11 is 0. The monoisotopic (exact) mass is 269 g/mol. The lowest BCUT2D eigenvalue weighted by Crippen LogP contribution is -2.35. The highest BCUT2D eigenvalue weighted by Crippen LogP contribution is 2.25. The fraction of sp³-hybridized carbons (Fsp3) is 0.583. The van der Waals surface area contributed by atoms with Gasteiger partial charge in [0.15, 0.2) is 9.84 Å². The normalized spacial score (nSPS) is 22.4. The molecule has 0 spiro atoms. The molecule has 1 aromatic heterocycles. The number of rotatable bonds is 3. The molecule has 0 radical (unpaired) electrons. The van der Waals surface area contributed by atoms with Gasteiger partial charge in [-0.1, -0.05) is 0 Å². The van der Waals surface area contributed by atoms with Gasteiger partial charge < -0.3 is 10.2 Å². The minimum absolute atomic E-state index is 0.00773. The van der Waals surface area contributed by atoms with Gasteiger partial charge in [0.1, 0.15) is 0 Å². The van der Waals surface area contributed by atoms with Gasteiger partial charge in [-0.25, -0.2) is 8.42 Å². The molecule has 6 heteroatoms. The third-order valence-corrected chi connectivity index (χ3v) is 4.92. The van der Waals surface area contributed by atoms with E-state index in [-0.39, 0.29) is 11.8 Å². The maximum atomic E-state index is 11.6. The molecule has 0 aliphatic carbocycles. The van der Waals surface area contributed by atoms with E-state index in [1.807, 2.05) is 25.1 Å². The van der Waals surface area contributed by atoms with Crippen LogP contribution in [0.4, 0.5) is 11.4 Å². The van der Waals surface area contributed by atoms with Crippen molar-refractivity contribution in [2.75, 3.05) is 35.8 Å².